The van der Waals surface area contributed by atoms with Crippen LogP contribution in [0.5, 0.6) is 0 Å². The Balaban J connectivity index is 2.12. The van der Waals surface area contributed by atoms with Gasteiger partial charge in [0.25, 0.3) is 0 Å². The highest BCUT2D eigenvalue weighted by atomic mass is 32.2. The van der Waals surface area contributed by atoms with Gasteiger partial charge in [-0.25, -0.2) is 13.1 Å². The van der Waals surface area contributed by atoms with Crippen molar-refractivity contribution in [2.24, 2.45) is 0 Å². The second-order valence-electron chi connectivity index (χ2n) is 5.94. The van der Waals surface area contributed by atoms with Crippen molar-refractivity contribution in [3.05, 3.63) is 70.3 Å². The van der Waals surface area contributed by atoms with E-state index in [1.165, 1.54) is 5.56 Å². The van der Waals surface area contributed by atoms with Gasteiger partial charge in [-0.2, -0.15) is 0 Å². The molecule has 1 N–H and O–H groups in total. The Bertz CT molecular complexity index is 749. The molecule has 0 amide bonds. The van der Waals surface area contributed by atoms with Crippen LogP contribution in [-0.2, 0) is 15.8 Å². The topological polar surface area (TPSA) is 46.2 Å². The monoisotopic (exact) mass is 317 g/mol. The summed E-state index contributed by atoms with van der Waals surface area (Å²) < 4.78 is 27.4. The van der Waals surface area contributed by atoms with E-state index in [-0.39, 0.29) is 11.8 Å². The average molecular weight is 317 g/mol. The number of sulfonamides is 1. The fraction of sp³-hybridized carbons (Fsp3) is 0.333. The zero-order valence-corrected chi connectivity index (χ0v) is 14.4. The second-order valence-corrected chi connectivity index (χ2v) is 7.70. The van der Waals surface area contributed by atoms with Gasteiger partial charge in [0.05, 0.1) is 5.75 Å². The SMILES string of the molecule is Cc1ccc(CS(=O)(=O)NC(C)c2ccc(C)cc2C)cc1. The van der Waals surface area contributed by atoms with Gasteiger partial charge in [0, 0.05) is 6.04 Å². The van der Waals surface area contributed by atoms with Crippen molar-refractivity contribution in [3.63, 3.8) is 0 Å². The van der Waals surface area contributed by atoms with Crippen LogP contribution in [0.25, 0.3) is 0 Å². The summed E-state index contributed by atoms with van der Waals surface area (Å²) in [7, 11) is -3.37. The van der Waals surface area contributed by atoms with E-state index in [2.05, 4.69) is 10.8 Å². The van der Waals surface area contributed by atoms with Gasteiger partial charge in [-0.1, -0.05) is 53.6 Å². The molecule has 0 aromatic heterocycles. The van der Waals surface area contributed by atoms with Crippen molar-refractivity contribution in [3.8, 4) is 0 Å². The maximum absolute atomic E-state index is 12.3. The number of hydrogen-bond acceptors (Lipinski definition) is 2. The normalized spacial score (nSPS) is 13.1. The molecule has 1 unspecified atom stereocenters. The van der Waals surface area contributed by atoms with Crippen molar-refractivity contribution < 1.29 is 8.42 Å². The summed E-state index contributed by atoms with van der Waals surface area (Å²) in [6, 6.07) is 13.4. The average Bonchev–Trinajstić information content (AvgIpc) is 2.40. The van der Waals surface area contributed by atoms with Gasteiger partial charge in [0.2, 0.25) is 10.0 Å². The highest BCUT2D eigenvalue weighted by Crippen LogP contribution is 2.20. The van der Waals surface area contributed by atoms with Gasteiger partial charge in [0.1, 0.15) is 0 Å². The molecule has 0 aliphatic carbocycles. The third kappa shape index (κ3) is 4.42. The van der Waals surface area contributed by atoms with Crippen LogP contribution in [0.1, 0.15) is 40.8 Å². The minimum absolute atomic E-state index is 0.00251. The van der Waals surface area contributed by atoms with Gasteiger partial charge in [-0.3, -0.25) is 0 Å². The predicted octanol–water partition coefficient (Wildman–Crippen LogP) is 3.79. The molecule has 22 heavy (non-hydrogen) atoms. The van der Waals surface area contributed by atoms with Crippen LogP contribution >= 0.6 is 0 Å². The summed E-state index contributed by atoms with van der Waals surface area (Å²) in [4.78, 5) is 0. The lowest BCUT2D eigenvalue weighted by Crippen LogP contribution is -2.28. The van der Waals surface area contributed by atoms with Crippen molar-refractivity contribution in [2.45, 2.75) is 39.5 Å². The van der Waals surface area contributed by atoms with Crippen LogP contribution in [0.15, 0.2) is 42.5 Å². The summed E-state index contributed by atoms with van der Waals surface area (Å²) in [5, 5.41) is 0. The van der Waals surface area contributed by atoms with Gasteiger partial charge < -0.3 is 0 Å². The minimum Gasteiger partial charge on any atom is -0.212 e. The van der Waals surface area contributed by atoms with Gasteiger partial charge in [-0.15, -0.1) is 0 Å². The molecular formula is C18H23NO2S. The Morgan fingerprint density at radius 2 is 1.55 bits per heavy atom. The number of rotatable bonds is 5. The molecular weight excluding hydrogens is 294 g/mol. The van der Waals surface area contributed by atoms with Gasteiger partial charge in [0.15, 0.2) is 0 Å². The Morgan fingerprint density at radius 1 is 0.955 bits per heavy atom. The molecule has 0 saturated heterocycles. The number of nitrogens with one attached hydrogen (secondary N) is 1. The van der Waals surface area contributed by atoms with E-state index in [1.807, 2.05) is 64.1 Å². The Hall–Kier alpha value is -1.65. The molecule has 3 nitrogen and oxygen atoms in total. The highest BCUT2D eigenvalue weighted by Gasteiger charge is 2.17. The van der Waals surface area contributed by atoms with Gasteiger partial charge in [-0.05, 0) is 44.4 Å². The molecule has 0 fully saturated rings. The maximum atomic E-state index is 12.3. The lowest BCUT2D eigenvalue weighted by Gasteiger charge is -2.17. The molecule has 2 aromatic carbocycles. The molecule has 0 aliphatic rings. The number of hydrogen-bond donors (Lipinski definition) is 1. The fourth-order valence-electron chi connectivity index (χ4n) is 2.59. The van der Waals surface area contributed by atoms with Crippen LogP contribution < -0.4 is 4.72 Å². The summed E-state index contributed by atoms with van der Waals surface area (Å²) in [6.45, 7) is 7.90. The first-order valence-electron chi connectivity index (χ1n) is 7.39. The van der Waals surface area contributed by atoms with Crippen LogP contribution in [0.4, 0.5) is 0 Å². The highest BCUT2D eigenvalue weighted by molar-refractivity contribution is 7.88. The van der Waals surface area contributed by atoms with Crippen molar-refractivity contribution in [1.29, 1.82) is 0 Å². The fourth-order valence-corrected chi connectivity index (χ4v) is 3.97. The molecule has 0 bridgehead atoms. The van der Waals surface area contributed by atoms with Crippen LogP contribution in [0.3, 0.4) is 0 Å². The standard InChI is InChI=1S/C18H23NO2S/c1-13-5-8-17(9-6-13)12-22(20,21)19-16(4)18-10-7-14(2)11-15(18)3/h5-11,16,19H,12H2,1-4H3. The molecule has 118 valence electrons. The first-order chi connectivity index (χ1) is 10.3. The van der Waals surface area contributed by atoms with E-state index in [4.69, 9.17) is 0 Å². The lowest BCUT2D eigenvalue weighted by molar-refractivity contribution is 0.565. The summed E-state index contributed by atoms with van der Waals surface area (Å²) >= 11 is 0. The van der Waals surface area contributed by atoms with Crippen LogP contribution in [0, 0.1) is 20.8 Å². The molecule has 0 aliphatic heterocycles. The maximum Gasteiger partial charge on any atom is 0.216 e. The third-order valence-electron chi connectivity index (χ3n) is 3.73. The van der Waals surface area contributed by atoms with E-state index in [0.29, 0.717) is 0 Å². The van der Waals surface area contributed by atoms with E-state index < -0.39 is 10.0 Å². The molecule has 0 spiro atoms. The zero-order chi connectivity index (χ0) is 16.3. The predicted molar refractivity (Wildman–Crippen MR) is 91.3 cm³/mol. The lowest BCUT2D eigenvalue weighted by atomic mass is 10.0. The first-order valence-corrected chi connectivity index (χ1v) is 9.05. The molecule has 1 atom stereocenters. The minimum atomic E-state index is -3.37. The Labute approximate surface area is 133 Å². The number of benzene rings is 2. The Kier molecular flexibility index (Phi) is 5.04. The Morgan fingerprint density at radius 3 is 2.14 bits per heavy atom. The zero-order valence-electron chi connectivity index (χ0n) is 13.6. The quantitative estimate of drug-likeness (QED) is 0.912. The smallest absolute Gasteiger partial charge is 0.212 e. The van der Waals surface area contributed by atoms with E-state index in [0.717, 1.165) is 22.3 Å². The van der Waals surface area contributed by atoms with E-state index in [1.54, 1.807) is 0 Å². The first kappa shape index (κ1) is 16.7. The third-order valence-corrected chi connectivity index (χ3v) is 5.15. The van der Waals surface area contributed by atoms with Crippen molar-refractivity contribution in [1.82, 2.24) is 4.72 Å². The molecule has 0 radical (unpaired) electrons. The molecule has 4 heteroatoms. The molecule has 2 rings (SSSR count). The summed E-state index contributed by atoms with van der Waals surface area (Å²) in [6.07, 6.45) is 0. The van der Waals surface area contributed by atoms with Gasteiger partial charge >= 0.3 is 0 Å². The van der Waals surface area contributed by atoms with Crippen molar-refractivity contribution in [2.75, 3.05) is 0 Å². The van der Waals surface area contributed by atoms with E-state index in [9.17, 15) is 8.42 Å². The van der Waals surface area contributed by atoms with Crippen LogP contribution in [-0.4, -0.2) is 8.42 Å². The molecule has 0 heterocycles. The second kappa shape index (κ2) is 6.63. The number of aryl methyl sites for hydroxylation is 3. The largest absolute Gasteiger partial charge is 0.216 e. The van der Waals surface area contributed by atoms with Crippen LogP contribution in [0.2, 0.25) is 0 Å². The summed E-state index contributed by atoms with van der Waals surface area (Å²) in [5.74, 6) is 0.00251. The molecule has 2 aromatic rings. The summed E-state index contributed by atoms with van der Waals surface area (Å²) in [5.41, 5.74) is 5.21. The van der Waals surface area contributed by atoms with E-state index >= 15 is 0 Å². The molecule has 0 saturated carbocycles. The van der Waals surface area contributed by atoms with Crippen molar-refractivity contribution >= 4 is 10.0 Å².